The van der Waals surface area contributed by atoms with Crippen molar-refractivity contribution in [3.63, 3.8) is 0 Å². The first kappa shape index (κ1) is 36.8. The molecule has 0 spiro atoms. The number of hydrogen-bond donors (Lipinski definition) is 3. The predicted molar refractivity (Wildman–Crippen MR) is 188 cm³/mol. The van der Waals surface area contributed by atoms with Crippen molar-refractivity contribution in [3.8, 4) is 0 Å². The van der Waals surface area contributed by atoms with E-state index in [1.807, 2.05) is 19.1 Å². The number of nitrogens with zero attached hydrogens (tertiary/aromatic N) is 2. The summed E-state index contributed by atoms with van der Waals surface area (Å²) in [5.41, 5.74) is 1.88. The Hall–Kier alpha value is -3.94. The highest BCUT2D eigenvalue weighted by molar-refractivity contribution is 7.91. The van der Waals surface area contributed by atoms with Crippen LogP contribution >= 0.6 is 0 Å². The van der Waals surface area contributed by atoms with Gasteiger partial charge in [-0.05, 0) is 61.6 Å². The molecule has 51 heavy (non-hydrogen) atoms. The van der Waals surface area contributed by atoms with E-state index < -0.39 is 68.7 Å². The summed E-state index contributed by atoms with van der Waals surface area (Å²) in [5.74, 6) is -2.71. The number of fused-ring (bicyclic) bond motifs is 3. The number of amides is 5. The molecule has 3 aliphatic heterocycles. The summed E-state index contributed by atoms with van der Waals surface area (Å²) in [6, 6.07) is 4.12. The molecule has 13 nitrogen and oxygen atoms in total. The lowest BCUT2D eigenvalue weighted by molar-refractivity contribution is -0.142. The molecule has 4 bridgehead atoms. The molecule has 1 aromatic carbocycles. The molecule has 0 unspecified atom stereocenters. The van der Waals surface area contributed by atoms with E-state index in [0.29, 0.717) is 45.2 Å². The van der Waals surface area contributed by atoms with Crippen LogP contribution in [0.1, 0.15) is 107 Å². The van der Waals surface area contributed by atoms with Gasteiger partial charge >= 0.3 is 6.09 Å². The van der Waals surface area contributed by atoms with Crippen LogP contribution in [0.5, 0.6) is 0 Å². The number of carbonyl (C=O) groups is 5. The molecule has 3 N–H and O–H groups in total. The first-order valence-electron chi connectivity index (χ1n) is 18.6. The highest BCUT2D eigenvalue weighted by Crippen LogP contribution is 2.45. The maximum absolute atomic E-state index is 14.3. The van der Waals surface area contributed by atoms with Crippen LogP contribution in [0.3, 0.4) is 0 Å². The Morgan fingerprint density at radius 3 is 2.49 bits per heavy atom. The molecule has 6 rings (SSSR count). The Labute approximate surface area is 300 Å². The maximum atomic E-state index is 14.3. The number of carbonyl (C=O) groups excluding carboxylic acids is 5. The molecular weight excluding hydrogens is 675 g/mol. The third kappa shape index (κ3) is 8.26. The van der Waals surface area contributed by atoms with E-state index in [4.69, 9.17) is 4.74 Å². The fourth-order valence-corrected chi connectivity index (χ4v) is 9.09. The SMILES string of the molecule is C=C[C@H]1C[C@]1(NC(=O)[C@@H]1C[C@@H]2CN1C(=O)[C@H](CCCC)NC(=O)CCCCCCCc1cccc3c1CN(C3)C(=O)O2)C(=O)NS(=O)(=O)C1CC1. The molecule has 2 aliphatic carbocycles. The topological polar surface area (TPSA) is 171 Å². The van der Waals surface area contributed by atoms with Crippen LogP contribution in [0.4, 0.5) is 4.79 Å². The summed E-state index contributed by atoms with van der Waals surface area (Å²) >= 11 is 0. The van der Waals surface area contributed by atoms with E-state index in [1.54, 1.807) is 4.90 Å². The zero-order valence-corrected chi connectivity index (χ0v) is 30.3. The van der Waals surface area contributed by atoms with Crippen LogP contribution < -0.4 is 15.4 Å². The lowest BCUT2D eigenvalue weighted by atomic mass is 9.98. The highest BCUT2D eigenvalue weighted by Gasteiger charge is 2.62. The Balaban J connectivity index is 1.24. The van der Waals surface area contributed by atoms with E-state index in [-0.39, 0.29) is 31.7 Å². The van der Waals surface area contributed by atoms with Gasteiger partial charge in [0.25, 0.3) is 5.91 Å². The summed E-state index contributed by atoms with van der Waals surface area (Å²) in [4.78, 5) is 71.5. The van der Waals surface area contributed by atoms with Gasteiger partial charge in [0.2, 0.25) is 27.7 Å². The number of rotatable bonds is 9. The van der Waals surface area contributed by atoms with Crippen molar-refractivity contribution in [2.24, 2.45) is 5.92 Å². The number of aryl methyl sites for hydroxylation is 1. The fourth-order valence-electron chi connectivity index (χ4n) is 7.73. The summed E-state index contributed by atoms with van der Waals surface area (Å²) in [7, 11) is -3.88. The smallest absolute Gasteiger partial charge is 0.410 e. The number of sulfonamides is 1. The van der Waals surface area contributed by atoms with E-state index in [0.717, 1.165) is 49.7 Å². The van der Waals surface area contributed by atoms with Crippen LogP contribution in [-0.2, 0) is 53.4 Å². The largest absolute Gasteiger partial charge is 0.444 e. The van der Waals surface area contributed by atoms with Gasteiger partial charge in [0, 0.05) is 31.8 Å². The van der Waals surface area contributed by atoms with E-state index >= 15 is 0 Å². The Morgan fingerprint density at radius 1 is 1.06 bits per heavy atom. The van der Waals surface area contributed by atoms with Gasteiger partial charge in [-0.25, -0.2) is 13.2 Å². The molecule has 5 atom stereocenters. The van der Waals surface area contributed by atoms with E-state index in [2.05, 4.69) is 28.0 Å². The number of ether oxygens (including phenoxy) is 1. The number of benzene rings is 1. The van der Waals surface area contributed by atoms with E-state index in [9.17, 15) is 32.4 Å². The fraction of sp³-hybridized carbons (Fsp3) is 0.649. The maximum Gasteiger partial charge on any atom is 0.410 e. The van der Waals surface area contributed by atoms with Crippen molar-refractivity contribution in [1.29, 1.82) is 0 Å². The van der Waals surface area contributed by atoms with Crippen molar-refractivity contribution in [2.75, 3.05) is 6.54 Å². The van der Waals surface area contributed by atoms with Gasteiger partial charge < -0.3 is 20.3 Å². The van der Waals surface area contributed by atoms with Crippen molar-refractivity contribution < 1.29 is 37.1 Å². The minimum absolute atomic E-state index is 0.0272. The molecule has 0 radical (unpaired) electrons. The summed E-state index contributed by atoms with van der Waals surface area (Å²) in [6.07, 6.45) is 8.81. The van der Waals surface area contributed by atoms with Gasteiger partial charge in [-0.3, -0.25) is 28.8 Å². The average molecular weight is 726 g/mol. The summed E-state index contributed by atoms with van der Waals surface area (Å²) in [5, 5.41) is 5.06. The van der Waals surface area contributed by atoms with E-state index in [1.165, 1.54) is 16.5 Å². The minimum Gasteiger partial charge on any atom is -0.444 e. The number of nitrogens with one attached hydrogen (secondary N) is 3. The molecule has 3 fully saturated rings. The summed E-state index contributed by atoms with van der Waals surface area (Å²) < 4.78 is 33.4. The van der Waals surface area contributed by atoms with Crippen molar-refractivity contribution >= 4 is 39.7 Å². The van der Waals surface area contributed by atoms with Gasteiger partial charge in [0.15, 0.2) is 0 Å². The molecule has 5 aliphatic rings. The quantitative estimate of drug-likeness (QED) is 0.326. The molecule has 0 aromatic heterocycles. The normalized spacial score (nSPS) is 28.8. The van der Waals surface area contributed by atoms with Crippen molar-refractivity contribution in [2.45, 2.75) is 139 Å². The monoisotopic (exact) mass is 725 g/mol. The van der Waals surface area contributed by atoms with Gasteiger partial charge in [0.05, 0.1) is 11.8 Å². The van der Waals surface area contributed by atoms with Gasteiger partial charge in [-0.15, -0.1) is 6.58 Å². The van der Waals surface area contributed by atoms with Crippen molar-refractivity contribution in [1.82, 2.24) is 25.2 Å². The number of hydrogen-bond acceptors (Lipinski definition) is 8. The Morgan fingerprint density at radius 2 is 1.78 bits per heavy atom. The first-order valence-corrected chi connectivity index (χ1v) is 20.2. The Kier molecular flexibility index (Phi) is 11.1. The zero-order chi connectivity index (χ0) is 36.3. The second kappa shape index (κ2) is 15.3. The molecular formula is C37H51N5O8S. The van der Waals surface area contributed by atoms with Crippen LogP contribution in [0.25, 0.3) is 0 Å². The highest BCUT2D eigenvalue weighted by atomic mass is 32.2. The third-order valence-electron chi connectivity index (χ3n) is 11.0. The predicted octanol–water partition coefficient (Wildman–Crippen LogP) is 3.35. The second-order valence-electron chi connectivity index (χ2n) is 14.9. The average Bonchev–Trinajstić information content (AvgIpc) is 3.99. The van der Waals surface area contributed by atoms with Crippen LogP contribution in [0.15, 0.2) is 30.9 Å². The molecule has 2 saturated carbocycles. The molecule has 5 amide bonds. The van der Waals surface area contributed by atoms with Crippen LogP contribution in [0.2, 0.25) is 0 Å². The number of unbranched alkanes of at least 4 members (excludes halogenated alkanes) is 1. The third-order valence-corrected chi connectivity index (χ3v) is 12.9. The molecule has 1 aromatic rings. The molecule has 3 heterocycles. The molecule has 278 valence electrons. The second-order valence-corrected chi connectivity index (χ2v) is 16.8. The lowest BCUT2D eigenvalue weighted by Gasteiger charge is -2.30. The Bertz CT molecular complexity index is 1660. The van der Waals surface area contributed by atoms with Crippen molar-refractivity contribution in [3.05, 3.63) is 47.5 Å². The standard InChI is InChI=1S/C37H51N5O8S/c1-3-5-15-30-34(45)42-22-27(19-31(42)33(44)39-37(20-26(37)4-2)35(46)40-51(48,49)28-17-18-28)50-36(47)41-21-25-14-11-13-24(29(25)23-41)12-9-7-6-8-10-16-32(43)38-30/h4,11,13-14,26-28,30-31H,2-3,5-10,12,15-23H2,1H3,(H,38,43)(H,39,44)(H,40,46)/t26-,27+,30-,31-,37+/m0/s1. The van der Waals surface area contributed by atoms with Crippen LogP contribution in [-0.4, -0.2) is 83.5 Å². The minimum atomic E-state index is -3.88. The van der Waals surface area contributed by atoms with Gasteiger partial charge in [0.1, 0.15) is 23.7 Å². The molecule has 14 heteroatoms. The first-order chi connectivity index (χ1) is 24.5. The van der Waals surface area contributed by atoms with Crippen LogP contribution in [0, 0.1) is 5.92 Å². The van der Waals surface area contributed by atoms with Gasteiger partial charge in [-0.2, -0.15) is 0 Å². The molecule has 1 saturated heterocycles. The summed E-state index contributed by atoms with van der Waals surface area (Å²) in [6.45, 7) is 6.49. The van der Waals surface area contributed by atoms with Gasteiger partial charge in [-0.1, -0.05) is 63.3 Å². The lowest BCUT2D eigenvalue weighted by Crippen LogP contribution is -2.58. The zero-order valence-electron chi connectivity index (χ0n) is 29.5.